The Bertz CT molecular complexity index is 1140. The summed E-state index contributed by atoms with van der Waals surface area (Å²) < 4.78 is 41.2. The average Bonchev–Trinajstić information content (AvgIpc) is 2.88. The Labute approximate surface area is 182 Å². The third-order valence-electron chi connectivity index (χ3n) is 5.34. The van der Waals surface area contributed by atoms with E-state index >= 15 is 0 Å². The zero-order chi connectivity index (χ0) is 22.8. The number of methoxy groups -OCH3 is 3. The molecule has 0 bridgehead atoms. The van der Waals surface area contributed by atoms with Crippen LogP contribution in [0.25, 0.3) is 11.1 Å². The molecule has 0 radical (unpaired) electrons. The van der Waals surface area contributed by atoms with Crippen molar-refractivity contribution in [2.75, 3.05) is 27.6 Å². The van der Waals surface area contributed by atoms with Crippen LogP contribution in [0.3, 0.4) is 0 Å². The number of carbonyl (C=O) groups is 1. The quantitative estimate of drug-likeness (QED) is 0.685. The highest BCUT2D eigenvalue weighted by atomic mass is 32.2. The Balaban J connectivity index is 2.32. The van der Waals surface area contributed by atoms with Crippen molar-refractivity contribution in [3.8, 4) is 28.4 Å². The van der Waals surface area contributed by atoms with E-state index in [1.165, 1.54) is 19.4 Å². The predicted octanol–water partition coefficient (Wildman–Crippen LogP) is 3.46. The van der Waals surface area contributed by atoms with Crippen LogP contribution >= 0.6 is 0 Å². The maximum atomic E-state index is 12.3. The van der Waals surface area contributed by atoms with Gasteiger partial charge in [0.05, 0.1) is 32.3 Å². The molecule has 2 aromatic carbocycles. The fourth-order valence-corrected chi connectivity index (χ4v) is 4.62. The van der Waals surface area contributed by atoms with E-state index in [0.29, 0.717) is 35.7 Å². The van der Waals surface area contributed by atoms with Gasteiger partial charge in [-0.25, -0.2) is 8.42 Å². The van der Waals surface area contributed by atoms with E-state index in [2.05, 4.69) is 5.32 Å². The van der Waals surface area contributed by atoms with Crippen molar-refractivity contribution in [1.82, 2.24) is 5.32 Å². The number of carbonyl (C=O) groups excluding carboxylic acids is 1. The fraction of sp³-hybridized carbons (Fsp3) is 0.348. The lowest BCUT2D eigenvalue weighted by molar-refractivity contribution is -0.117. The number of aryl methyl sites for hydroxylation is 1. The van der Waals surface area contributed by atoms with Crippen molar-refractivity contribution in [2.45, 2.75) is 30.7 Å². The Hall–Kier alpha value is -3.00. The number of hydrogen-bond donors (Lipinski definition) is 1. The van der Waals surface area contributed by atoms with Crippen LogP contribution in [-0.4, -0.2) is 41.9 Å². The minimum absolute atomic E-state index is 0.194. The number of hydrogen-bond acceptors (Lipinski definition) is 6. The Kier molecular flexibility index (Phi) is 6.59. The molecule has 0 unspecified atom stereocenters. The highest BCUT2D eigenvalue weighted by molar-refractivity contribution is 7.90. The van der Waals surface area contributed by atoms with Gasteiger partial charge < -0.3 is 19.5 Å². The molecule has 0 aromatic heterocycles. The molecular weight excluding hydrogens is 418 g/mol. The molecule has 0 aliphatic heterocycles. The molecule has 1 amide bonds. The fourth-order valence-electron chi connectivity index (χ4n) is 3.96. The minimum atomic E-state index is -3.43. The molecule has 7 nitrogen and oxygen atoms in total. The van der Waals surface area contributed by atoms with E-state index in [0.717, 1.165) is 16.7 Å². The summed E-state index contributed by atoms with van der Waals surface area (Å²) in [5, 5.41) is 3.00. The molecule has 166 valence electrons. The molecule has 1 N–H and O–H groups in total. The Morgan fingerprint density at radius 1 is 1.10 bits per heavy atom. The second kappa shape index (κ2) is 9.01. The summed E-state index contributed by atoms with van der Waals surface area (Å²) >= 11 is 0. The molecule has 0 fully saturated rings. The highest BCUT2D eigenvalue weighted by Crippen LogP contribution is 2.50. The third kappa shape index (κ3) is 4.39. The molecule has 0 spiro atoms. The largest absolute Gasteiger partial charge is 0.493 e. The van der Waals surface area contributed by atoms with E-state index in [-0.39, 0.29) is 16.8 Å². The first-order chi connectivity index (χ1) is 14.7. The van der Waals surface area contributed by atoms with Gasteiger partial charge in [0.1, 0.15) is 0 Å². The Morgan fingerprint density at radius 3 is 2.39 bits per heavy atom. The van der Waals surface area contributed by atoms with E-state index in [1.54, 1.807) is 45.4 Å². The van der Waals surface area contributed by atoms with Crippen molar-refractivity contribution in [3.05, 3.63) is 47.5 Å². The summed E-state index contributed by atoms with van der Waals surface area (Å²) in [6.07, 6.45) is 5.48. The maximum absolute atomic E-state index is 12.3. The SMILES string of the molecule is CC=CC(=O)N[C@H]1CCc2cc(OC)c(OC)c(OC)c2-c2ccc(S(C)(=O)=O)cc21. The van der Waals surface area contributed by atoms with Crippen molar-refractivity contribution in [2.24, 2.45) is 0 Å². The summed E-state index contributed by atoms with van der Waals surface area (Å²) in [7, 11) is 1.23. The van der Waals surface area contributed by atoms with Gasteiger partial charge in [-0.2, -0.15) is 0 Å². The van der Waals surface area contributed by atoms with Gasteiger partial charge >= 0.3 is 0 Å². The highest BCUT2D eigenvalue weighted by Gasteiger charge is 2.30. The second-order valence-corrected chi connectivity index (χ2v) is 9.32. The number of amides is 1. The van der Waals surface area contributed by atoms with Gasteiger partial charge in [0.15, 0.2) is 21.3 Å². The van der Waals surface area contributed by atoms with Crippen LogP contribution in [0.1, 0.15) is 30.5 Å². The summed E-state index contributed by atoms with van der Waals surface area (Å²) in [6, 6.07) is 6.50. The molecule has 1 aliphatic carbocycles. The van der Waals surface area contributed by atoms with Crippen molar-refractivity contribution < 1.29 is 27.4 Å². The van der Waals surface area contributed by atoms with E-state index in [4.69, 9.17) is 14.2 Å². The van der Waals surface area contributed by atoms with Gasteiger partial charge in [0.25, 0.3) is 0 Å². The smallest absolute Gasteiger partial charge is 0.244 e. The summed E-state index contributed by atoms with van der Waals surface area (Å²) in [5.74, 6) is 1.27. The zero-order valence-corrected chi connectivity index (χ0v) is 19.1. The van der Waals surface area contributed by atoms with Crippen molar-refractivity contribution in [3.63, 3.8) is 0 Å². The predicted molar refractivity (Wildman–Crippen MR) is 119 cm³/mol. The summed E-state index contributed by atoms with van der Waals surface area (Å²) in [5.41, 5.74) is 3.26. The molecule has 0 saturated carbocycles. The second-order valence-electron chi connectivity index (χ2n) is 7.30. The first-order valence-electron chi connectivity index (χ1n) is 9.84. The molecule has 3 rings (SSSR count). The van der Waals surface area contributed by atoms with Gasteiger partial charge in [0.2, 0.25) is 11.7 Å². The molecule has 8 heteroatoms. The van der Waals surface area contributed by atoms with E-state index in [1.807, 2.05) is 6.07 Å². The zero-order valence-electron chi connectivity index (χ0n) is 18.3. The minimum Gasteiger partial charge on any atom is -0.493 e. The third-order valence-corrected chi connectivity index (χ3v) is 6.45. The van der Waals surface area contributed by atoms with Gasteiger partial charge in [0, 0.05) is 11.8 Å². The van der Waals surface area contributed by atoms with Gasteiger partial charge in [-0.1, -0.05) is 12.1 Å². The molecule has 0 saturated heterocycles. The summed E-state index contributed by atoms with van der Waals surface area (Å²) in [6.45, 7) is 1.77. The van der Waals surface area contributed by atoms with Gasteiger partial charge in [-0.15, -0.1) is 0 Å². The number of sulfone groups is 1. The molecule has 1 atom stereocenters. The number of allylic oxidation sites excluding steroid dienone is 1. The molecular formula is C23H27NO6S. The van der Waals surface area contributed by atoms with Gasteiger partial charge in [-0.05, 0) is 60.7 Å². The number of fused-ring (bicyclic) bond motifs is 3. The molecule has 31 heavy (non-hydrogen) atoms. The van der Waals surface area contributed by atoms with Crippen LogP contribution < -0.4 is 19.5 Å². The van der Waals surface area contributed by atoms with Crippen LogP contribution in [0.15, 0.2) is 41.3 Å². The van der Waals surface area contributed by atoms with E-state index in [9.17, 15) is 13.2 Å². The van der Waals surface area contributed by atoms with Gasteiger partial charge in [-0.3, -0.25) is 4.79 Å². The lowest BCUT2D eigenvalue weighted by atomic mass is 9.93. The first kappa shape index (κ1) is 22.7. The number of benzene rings is 2. The van der Waals surface area contributed by atoms with Crippen molar-refractivity contribution >= 4 is 15.7 Å². The standard InChI is InChI=1S/C23H27NO6S/c1-6-7-20(25)24-18-11-8-14-12-19(28-2)22(29-3)23(30-4)21(14)16-10-9-15(13-17(16)18)31(5,26)27/h6-7,9-10,12-13,18H,8,11H2,1-5H3,(H,24,25)/t18-/m0/s1. The van der Waals surface area contributed by atoms with Crippen LogP contribution in [-0.2, 0) is 21.1 Å². The molecule has 1 aliphatic rings. The van der Waals surface area contributed by atoms with E-state index < -0.39 is 9.84 Å². The average molecular weight is 446 g/mol. The van der Waals surface area contributed by atoms with Crippen molar-refractivity contribution in [1.29, 1.82) is 0 Å². The van der Waals surface area contributed by atoms with Crippen LogP contribution in [0, 0.1) is 0 Å². The number of ether oxygens (including phenoxy) is 3. The van der Waals surface area contributed by atoms with Crippen LogP contribution in [0.5, 0.6) is 17.2 Å². The number of nitrogens with one attached hydrogen (secondary N) is 1. The topological polar surface area (TPSA) is 90.9 Å². The lowest BCUT2D eigenvalue weighted by Gasteiger charge is -2.21. The van der Waals surface area contributed by atoms with Crippen LogP contribution in [0.4, 0.5) is 0 Å². The first-order valence-corrected chi connectivity index (χ1v) is 11.7. The van der Waals surface area contributed by atoms with Crippen LogP contribution in [0.2, 0.25) is 0 Å². The monoisotopic (exact) mass is 445 g/mol. The molecule has 0 heterocycles. The normalized spacial score (nSPS) is 15.6. The lowest BCUT2D eigenvalue weighted by Crippen LogP contribution is -2.27. The summed E-state index contributed by atoms with van der Waals surface area (Å²) in [4.78, 5) is 12.5. The Morgan fingerprint density at radius 2 is 1.81 bits per heavy atom. The number of rotatable bonds is 6. The maximum Gasteiger partial charge on any atom is 0.244 e. The molecule has 2 aromatic rings.